The number of nitrogens with zero attached hydrogens (tertiary/aromatic N) is 3. The molecule has 7 heteroatoms. The molecule has 82 valence electrons. The van der Waals surface area contributed by atoms with Crippen LogP contribution in [0.4, 0.5) is 0 Å². The third kappa shape index (κ3) is 1.79. The summed E-state index contributed by atoms with van der Waals surface area (Å²) in [7, 11) is 0. The second-order valence-corrected chi connectivity index (χ2v) is 2.91. The first-order chi connectivity index (χ1) is 7.52. The highest BCUT2D eigenvalue weighted by atomic mass is 16.6. The molecule has 16 heavy (non-hydrogen) atoms. The second-order valence-electron chi connectivity index (χ2n) is 2.91. The Morgan fingerprint density at radius 3 is 2.75 bits per heavy atom. The molecule has 0 aromatic rings. The van der Waals surface area contributed by atoms with Gasteiger partial charge < -0.3 is 10.6 Å². The van der Waals surface area contributed by atoms with Crippen LogP contribution in [0, 0.1) is 10.1 Å². The molecule has 1 aliphatic rings. The monoisotopic (exact) mass is 221 g/mol. The minimum absolute atomic E-state index is 0.169. The highest BCUT2D eigenvalue weighted by Crippen LogP contribution is 2.17. The highest BCUT2D eigenvalue weighted by molar-refractivity contribution is 6.26. The summed E-state index contributed by atoms with van der Waals surface area (Å²) in [6.07, 6.45) is 3.08. The lowest BCUT2D eigenvalue weighted by Crippen LogP contribution is -2.37. The fraction of sp³-hybridized carbons (Fsp3) is 0.111. The molecule has 1 atom stereocenters. The highest BCUT2D eigenvalue weighted by Gasteiger charge is 2.45. The van der Waals surface area contributed by atoms with Gasteiger partial charge in [-0.05, 0) is 18.2 Å². The van der Waals surface area contributed by atoms with Gasteiger partial charge in [-0.25, -0.2) is 0 Å². The average molecular weight is 221 g/mol. The normalized spacial score (nSPS) is 19.2. The molecule has 1 aliphatic carbocycles. The van der Waals surface area contributed by atoms with Crippen LogP contribution < -0.4 is 0 Å². The molecule has 0 radical (unpaired) electrons. The Balaban J connectivity index is 3.34. The minimum Gasteiger partial charge on any atom is -0.505 e. The van der Waals surface area contributed by atoms with Crippen molar-refractivity contribution in [2.75, 3.05) is 0 Å². The van der Waals surface area contributed by atoms with E-state index < -0.39 is 28.2 Å². The Labute approximate surface area is 89.8 Å². The van der Waals surface area contributed by atoms with Gasteiger partial charge in [0, 0.05) is 4.92 Å². The van der Waals surface area contributed by atoms with Gasteiger partial charge in [-0.2, -0.15) is 4.79 Å². The van der Waals surface area contributed by atoms with E-state index in [0.29, 0.717) is 0 Å². The van der Waals surface area contributed by atoms with Crippen molar-refractivity contribution in [1.82, 2.24) is 0 Å². The number of nitro groups is 1. The standard InChI is InChI=1S/C9H7N3O4/c1-2-6(13)5-3-4-7(14)9(12(15)16)8(5)11-10/h2-4,9,14H,1H2. The van der Waals surface area contributed by atoms with Crippen LogP contribution in [0.2, 0.25) is 0 Å². The Bertz CT molecular complexity index is 483. The van der Waals surface area contributed by atoms with Gasteiger partial charge >= 0.3 is 11.8 Å². The Morgan fingerprint density at radius 2 is 2.31 bits per heavy atom. The maximum Gasteiger partial charge on any atom is 0.384 e. The van der Waals surface area contributed by atoms with Gasteiger partial charge in [-0.1, -0.05) is 6.58 Å². The summed E-state index contributed by atoms with van der Waals surface area (Å²) in [5.74, 6) is -1.22. The van der Waals surface area contributed by atoms with E-state index in [-0.39, 0.29) is 5.57 Å². The van der Waals surface area contributed by atoms with Crippen molar-refractivity contribution in [3.8, 4) is 0 Å². The third-order valence-electron chi connectivity index (χ3n) is 2.01. The topological polar surface area (TPSA) is 117 Å². The van der Waals surface area contributed by atoms with E-state index in [4.69, 9.17) is 5.53 Å². The molecular formula is C9H7N3O4. The SMILES string of the molecule is C=CC(=O)C1=CC=C(O)C([N+](=O)[O-])C1=[N+]=[N-]. The maximum atomic E-state index is 11.3. The summed E-state index contributed by atoms with van der Waals surface area (Å²) in [6.45, 7) is 3.21. The van der Waals surface area contributed by atoms with E-state index >= 15 is 0 Å². The summed E-state index contributed by atoms with van der Waals surface area (Å²) < 4.78 is 0. The van der Waals surface area contributed by atoms with Gasteiger partial charge in [0.05, 0.1) is 0 Å². The van der Waals surface area contributed by atoms with Crippen molar-refractivity contribution in [3.05, 3.63) is 51.8 Å². The van der Waals surface area contributed by atoms with Crippen LogP contribution in [0.15, 0.2) is 36.1 Å². The Hall–Kier alpha value is -2.53. The number of hydrogen-bond acceptors (Lipinski definition) is 4. The van der Waals surface area contributed by atoms with Crippen molar-refractivity contribution in [2.24, 2.45) is 0 Å². The molecule has 7 nitrogen and oxygen atoms in total. The summed E-state index contributed by atoms with van der Waals surface area (Å²) in [4.78, 5) is 23.8. The van der Waals surface area contributed by atoms with Crippen molar-refractivity contribution in [1.29, 1.82) is 0 Å². The molecule has 0 saturated heterocycles. The molecule has 1 N–H and O–H groups in total. The summed E-state index contributed by atoms with van der Waals surface area (Å²) >= 11 is 0. The minimum atomic E-state index is -1.73. The van der Waals surface area contributed by atoms with Crippen LogP contribution >= 0.6 is 0 Å². The van der Waals surface area contributed by atoms with Crippen molar-refractivity contribution in [2.45, 2.75) is 6.04 Å². The van der Waals surface area contributed by atoms with E-state index in [9.17, 15) is 20.0 Å². The van der Waals surface area contributed by atoms with Gasteiger partial charge in [-0.3, -0.25) is 14.9 Å². The number of allylic oxidation sites excluding steroid dienone is 3. The molecule has 0 saturated carbocycles. The Kier molecular flexibility index (Phi) is 3.12. The zero-order valence-electron chi connectivity index (χ0n) is 8.03. The smallest absolute Gasteiger partial charge is 0.384 e. The zero-order valence-corrected chi connectivity index (χ0v) is 8.03. The van der Waals surface area contributed by atoms with E-state index in [0.717, 1.165) is 18.2 Å². The molecule has 1 rings (SSSR count). The molecule has 0 aliphatic heterocycles. The Morgan fingerprint density at radius 1 is 1.69 bits per heavy atom. The van der Waals surface area contributed by atoms with Gasteiger partial charge in [0.2, 0.25) is 0 Å². The third-order valence-corrected chi connectivity index (χ3v) is 2.01. The number of carbonyl (C=O) groups excluding carboxylic acids is 1. The van der Waals surface area contributed by atoms with E-state index in [1.165, 1.54) is 0 Å². The second kappa shape index (κ2) is 4.33. The number of ketones is 1. The number of carbonyl (C=O) groups is 1. The van der Waals surface area contributed by atoms with E-state index in [2.05, 4.69) is 11.4 Å². The average Bonchev–Trinajstić information content (AvgIpc) is 2.26. The van der Waals surface area contributed by atoms with Crippen molar-refractivity contribution >= 4 is 11.5 Å². The van der Waals surface area contributed by atoms with Gasteiger partial charge in [0.1, 0.15) is 5.57 Å². The van der Waals surface area contributed by atoms with Crippen molar-refractivity contribution < 1.29 is 19.6 Å². The molecule has 0 heterocycles. The van der Waals surface area contributed by atoms with Gasteiger partial charge in [0.25, 0.3) is 0 Å². The summed E-state index contributed by atoms with van der Waals surface area (Å²) in [5, 5.41) is 19.9. The van der Waals surface area contributed by atoms with Crippen LogP contribution in [0.25, 0.3) is 5.53 Å². The fourth-order valence-electron chi connectivity index (χ4n) is 1.27. The first kappa shape index (κ1) is 11.5. The van der Waals surface area contributed by atoms with Crippen LogP contribution in [-0.2, 0) is 4.79 Å². The number of rotatable bonds is 3. The molecule has 0 spiro atoms. The largest absolute Gasteiger partial charge is 0.505 e. The first-order valence-electron chi connectivity index (χ1n) is 4.16. The number of aliphatic hydroxyl groups excluding tert-OH is 1. The van der Waals surface area contributed by atoms with Crippen LogP contribution in [-0.4, -0.2) is 32.4 Å². The van der Waals surface area contributed by atoms with Crippen molar-refractivity contribution in [3.63, 3.8) is 0 Å². The van der Waals surface area contributed by atoms with E-state index in [1.807, 2.05) is 0 Å². The van der Waals surface area contributed by atoms with Crippen LogP contribution in [0.5, 0.6) is 0 Å². The van der Waals surface area contributed by atoms with E-state index in [1.54, 1.807) is 0 Å². The molecule has 0 bridgehead atoms. The van der Waals surface area contributed by atoms with Gasteiger partial charge in [0.15, 0.2) is 11.5 Å². The number of aliphatic hydroxyl groups is 1. The molecular weight excluding hydrogens is 214 g/mol. The summed E-state index contributed by atoms with van der Waals surface area (Å²) in [6, 6.07) is -1.73. The lowest BCUT2D eigenvalue weighted by Gasteiger charge is -2.09. The molecule has 0 aromatic heterocycles. The summed E-state index contributed by atoms with van der Waals surface area (Å²) in [5.41, 5.74) is 7.99. The maximum absolute atomic E-state index is 11.3. The zero-order chi connectivity index (χ0) is 12.3. The fourth-order valence-corrected chi connectivity index (χ4v) is 1.27. The molecule has 1 unspecified atom stereocenters. The lowest BCUT2D eigenvalue weighted by atomic mass is 9.94. The lowest BCUT2D eigenvalue weighted by molar-refractivity contribution is -0.500. The predicted octanol–water partition coefficient (Wildman–Crippen LogP) is 0.439. The molecule has 0 aromatic carbocycles. The quantitative estimate of drug-likeness (QED) is 0.244. The predicted molar refractivity (Wildman–Crippen MR) is 53.4 cm³/mol. The van der Waals surface area contributed by atoms with Crippen LogP contribution in [0.3, 0.4) is 0 Å². The number of hydrogen-bond donors (Lipinski definition) is 1. The van der Waals surface area contributed by atoms with Gasteiger partial charge in [-0.15, -0.1) is 0 Å². The molecule has 0 amide bonds. The van der Waals surface area contributed by atoms with Crippen LogP contribution in [0.1, 0.15) is 0 Å². The molecule has 0 fully saturated rings. The first-order valence-corrected chi connectivity index (χ1v) is 4.16.